The Hall–Kier alpha value is -2.99. The van der Waals surface area contributed by atoms with Crippen LogP contribution in [0.5, 0.6) is 11.5 Å². The van der Waals surface area contributed by atoms with Crippen molar-refractivity contribution in [3.8, 4) is 11.5 Å². The van der Waals surface area contributed by atoms with Crippen LogP contribution in [0.4, 0.5) is 5.69 Å². The number of benzene rings is 2. The molecule has 0 spiro atoms. The minimum absolute atomic E-state index is 0.00763. The van der Waals surface area contributed by atoms with Gasteiger partial charge in [-0.2, -0.15) is 0 Å². The molecule has 0 saturated heterocycles. The van der Waals surface area contributed by atoms with Crippen LogP contribution in [0, 0.1) is 5.92 Å². The summed E-state index contributed by atoms with van der Waals surface area (Å²) in [4.78, 5) is 27.2. The number of carbonyl (C=O) groups is 2. The first-order valence-electron chi connectivity index (χ1n) is 9.17. The van der Waals surface area contributed by atoms with Crippen molar-refractivity contribution in [3.05, 3.63) is 64.4 Å². The number of hydrogen-bond acceptors (Lipinski definition) is 5. The van der Waals surface area contributed by atoms with Gasteiger partial charge in [0, 0.05) is 17.1 Å². The van der Waals surface area contributed by atoms with Crippen molar-refractivity contribution >= 4 is 29.0 Å². The summed E-state index contributed by atoms with van der Waals surface area (Å²) in [6.45, 7) is 3.77. The zero-order valence-electron chi connectivity index (χ0n) is 16.3. The Labute approximate surface area is 174 Å². The van der Waals surface area contributed by atoms with Crippen LogP contribution < -0.4 is 9.64 Å². The summed E-state index contributed by atoms with van der Waals surface area (Å²) in [5.74, 6) is -1.43. The third-order valence-corrected chi connectivity index (χ3v) is 4.94. The standard InChI is InChI=1S/C22H22ClNO5/c1-12(2)9-17(26)19-20(13-7-8-18(29-3)16(25)10-13)24(22(28)21(19)27)15-6-4-5-14(23)11-15/h4-8,10-12,20,25,27H,9H2,1-3H3. The van der Waals surface area contributed by atoms with Crippen molar-refractivity contribution in [1.82, 2.24) is 0 Å². The molecule has 2 aromatic rings. The van der Waals surface area contributed by atoms with Crippen LogP contribution in [0.25, 0.3) is 0 Å². The van der Waals surface area contributed by atoms with Crippen LogP contribution >= 0.6 is 11.6 Å². The molecule has 0 bridgehead atoms. The van der Waals surface area contributed by atoms with E-state index in [-0.39, 0.29) is 35.2 Å². The first-order chi connectivity index (χ1) is 13.7. The third-order valence-electron chi connectivity index (χ3n) is 4.71. The van der Waals surface area contributed by atoms with E-state index in [2.05, 4.69) is 0 Å². The Morgan fingerprint density at radius 3 is 2.52 bits per heavy atom. The van der Waals surface area contributed by atoms with Crippen LogP contribution in [0.3, 0.4) is 0 Å². The van der Waals surface area contributed by atoms with Crippen molar-refractivity contribution in [1.29, 1.82) is 0 Å². The summed E-state index contributed by atoms with van der Waals surface area (Å²) in [7, 11) is 1.43. The first-order valence-corrected chi connectivity index (χ1v) is 9.54. The summed E-state index contributed by atoms with van der Waals surface area (Å²) in [5.41, 5.74) is 0.905. The van der Waals surface area contributed by atoms with E-state index in [1.54, 1.807) is 36.4 Å². The van der Waals surface area contributed by atoms with Crippen molar-refractivity contribution in [2.45, 2.75) is 26.3 Å². The fourth-order valence-electron chi connectivity index (χ4n) is 3.46. The van der Waals surface area contributed by atoms with Gasteiger partial charge in [0.25, 0.3) is 5.91 Å². The lowest BCUT2D eigenvalue weighted by Gasteiger charge is -2.27. The highest BCUT2D eigenvalue weighted by molar-refractivity contribution is 6.31. The molecule has 29 heavy (non-hydrogen) atoms. The highest BCUT2D eigenvalue weighted by Crippen LogP contribution is 2.43. The predicted octanol–water partition coefficient (Wildman–Crippen LogP) is 4.57. The molecular formula is C22H22ClNO5. The number of ether oxygens (including phenoxy) is 1. The van der Waals surface area contributed by atoms with E-state index < -0.39 is 17.7 Å². The summed E-state index contributed by atoms with van der Waals surface area (Å²) in [5, 5.41) is 21.2. The maximum atomic E-state index is 12.9. The molecule has 0 fully saturated rings. The Morgan fingerprint density at radius 1 is 1.21 bits per heavy atom. The number of carbonyl (C=O) groups excluding carboxylic acids is 2. The number of methoxy groups -OCH3 is 1. The fourth-order valence-corrected chi connectivity index (χ4v) is 3.64. The second kappa shape index (κ2) is 8.17. The molecule has 1 aliphatic rings. The number of aliphatic hydroxyl groups is 1. The minimum Gasteiger partial charge on any atom is -0.504 e. The van der Waals surface area contributed by atoms with E-state index in [4.69, 9.17) is 16.3 Å². The third kappa shape index (κ3) is 3.93. The molecule has 1 atom stereocenters. The van der Waals surface area contributed by atoms with Crippen molar-refractivity contribution < 1.29 is 24.5 Å². The van der Waals surface area contributed by atoms with Gasteiger partial charge in [0.1, 0.15) is 0 Å². The molecule has 7 heteroatoms. The van der Waals surface area contributed by atoms with Crippen molar-refractivity contribution in [2.24, 2.45) is 5.92 Å². The monoisotopic (exact) mass is 415 g/mol. The molecule has 6 nitrogen and oxygen atoms in total. The number of aliphatic hydroxyl groups excluding tert-OH is 1. The van der Waals surface area contributed by atoms with Crippen LogP contribution in [-0.4, -0.2) is 29.0 Å². The molecule has 1 amide bonds. The molecule has 0 aliphatic carbocycles. The highest BCUT2D eigenvalue weighted by Gasteiger charge is 2.44. The molecule has 1 unspecified atom stereocenters. The summed E-state index contributed by atoms with van der Waals surface area (Å²) >= 11 is 6.10. The largest absolute Gasteiger partial charge is 0.504 e. The van der Waals surface area contributed by atoms with Gasteiger partial charge in [-0.25, -0.2) is 0 Å². The molecule has 152 valence electrons. The van der Waals surface area contributed by atoms with E-state index in [0.717, 1.165) is 0 Å². The number of hydrogen-bond donors (Lipinski definition) is 2. The number of Topliss-reactive ketones (excluding diaryl/α,β-unsaturated/α-hetero) is 1. The number of phenols is 1. The van der Waals surface area contributed by atoms with Gasteiger partial charge in [-0.05, 0) is 41.8 Å². The van der Waals surface area contributed by atoms with Gasteiger partial charge < -0.3 is 14.9 Å². The lowest BCUT2D eigenvalue weighted by atomic mass is 9.92. The number of rotatable bonds is 6. The Kier molecular flexibility index (Phi) is 5.84. The lowest BCUT2D eigenvalue weighted by Crippen LogP contribution is -2.31. The number of anilines is 1. The SMILES string of the molecule is COc1ccc(C2C(C(=O)CC(C)C)=C(O)C(=O)N2c2cccc(Cl)c2)cc1O. The molecule has 3 rings (SSSR count). The quantitative estimate of drug-likeness (QED) is 0.721. The molecule has 1 heterocycles. The van der Waals surface area contributed by atoms with Gasteiger partial charge in [-0.3, -0.25) is 14.5 Å². The molecular weight excluding hydrogens is 394 g/mol. The number of ketones is 1. The fraction of sp³-hybridized carbons (Fsp3) is 0.273. The summed E-state index contributed by atoms with van der Waals surface area (Å²) in [6, 6.07) is 10.3. The van der Waals surface area contributed by atoms with Gasteiger partial charge >= 0.3 is 0 Å². The Bertz CT molecular complexity index is 998. The molecule has 2 N–H and O–H groups in total. The average Bonchev–Trinajstić information content (AvgIpc) is 2.92. The molecule has 2 aromatic carbocycles. The van der Waals surface area contributed by atoms with Crippen LogP contribution in [0.1, 0.15) is 31.9 Å². The number of amides is 1. The van der Waals surface area contributed by atoms with Gasteiger partial charge in [-0.1, -0.05) is 37.6 Å². The van der Waals surface area contributed by atoms with E-state index in [0.29, 0.717) is 16.3 Å². The van der Waals surface area contributed by atoms with E-state index in [1.165, 1.54) is 18.1 Å². The van der Waals surface area contributed by atoms with Crippen molar-refractivity contribution in [3.63, 3.8) is 0 Å². The second-order valence-electron chi connectivity index (χ2n) is 7.27. The molecule has 0 radical (unpaired) electrons. The smallest absolute Gasteiger partial charge is 0.294 e. The maximum Gasteiger partial charge on any atom is 0.294 e. The van der Waals surface area contributed by atoms with Crippen LogP contribution in [-0.2, 0) is 9.59 Å². The summed E-state index contributed by atoms with van der Waals surface area (Å²) < 4.78 is 5.08. The topological polar surface area (TPSA) is 87.1 Å². The number of phenolic OH excluding ortho intramolecular Hbond substituents is 1. The zero-order chi connectivity index (χ0) is 21.3. The molecule has 0 aromatic heterocycles. The average molecular weight is 416 g/mol. The lowest BCUT2D eigenvalue weighted by molar-refractivity contribution is -0.118. The van der Waals surface area contributed by atoms with E-state index in [1.807, 2.05) is 13.8 Å². The second-order valence-corrected chi connectivity index (χ2v) is 7.71. The van der Waals surface area contributed by atoms with E-state index >= 15 is 0 Å². The number of nitrogens with zero attached hydrogens (tertiary/aromatic N) is 1. The normalized spacial score (nSPS) is 16.7. The highest BCUT2D eigenvalue weighted by atomic mass is 35.5. The zero-order valence-corrected chi connectivity index (χ0v) is 17.1. The van der Waals surface area contributed by atoms with Gasteiger partial charge in [-0.15, -0.1) is 0 Å². The van der Waals surface area contributed by atoms with E-state index in [9.17, 15) is 19.8 Å². The minimum atomic E-state index is -0.899. The molecule has 0 saturated carbocycles. The van der Waals surface area contributed by atoms with Gasteiger partial charge in [0.05, 0.1) is 18.7 Å². The number of aromatic hydroxyl groups is 1. The predicted molar refractivity (Wildman–Crippen MR) is 110 cm³/mol. The van der Waals surface area contributed by atoms with Crippen LogP contribution in [0.15, 0.2) is 53.8 Å². The first kappa shape index (κ1) is 20.7. The maximum absolute atomic E-state index is 12.9. The summed E-state index contributed by atoms with van der Waals surface area (Å²) in [6.07, 6.45) is 0.175. The Morgan fingerprint density at radius 2 is 1.93 bits per heavy atom. The van der Waals surface area contributed by atoms with Crippen molar-refractivity contribution in [2.75, 3.05) is 12.0 Å². The Balaban J connectivity index is 2.18. The van der Waals surface area contributed by atoms with Gasteiger partial charge in [0.15, 0.2) is 23.0 Å². The number of halogens is 1. The van der Waals surface area contributed by atoms with Gasteiger partial charge in [0.2, 0.25) is 0 Å². The molecule has 1 aliphatic heterocycles. The van der Waals surface area contributed by atoms with Crippen LogP contribution in [0.2, 0.25) is 5.02 Å².